The molecule has 1 unspecified atom stereocenters. The van der Waals surface area contributed by atoms with Crippen LogP contribution in [0.25, 0.3) is 0 Å². The van der Waals surface area contributed by atoms with Crippen molar-refractivity contribution in [1.29, 1.82) is 0 Å². The molecule has 7 nitrogen and oxygen atoms in total. The van der Waals surface area contributed by atoms with Gasteiger partial charge < -0.3 is 14.4 Å². The lowest BCUT2D eigenvalue weighted by atomic mass is 10.1. The Morgan fingerprint density at radius 1 is 1.07 bits per heavy atom. The zero-order valence-corrected chi connectivity index (χ0v) is 16.9. The molecule has 1 atom stereocenters. The maximum atomic E-state index is 11.4. The first-order valence-electron chi connectivity index (χ1n) is 9.83. The lowest BCUT2D eigenvalue weighted by molar-refractivity contribution is -0.385. The van der Waals surface area contributed by atoms with Gasteiger partial charge in [-0.25, -0.2) is 0 Å². The van der Waals surface area contributed by atoms with Gasteiger partial charge in [-0.3, -0.25) is 15.0 Å². The lowest BCUT2D eigenvalue weighted by Crippen LogP contribution is -2.40. The van der Waals surface area contributed by atoms with Crippen molar-refractivity contribution < 1.29 is 14.4 Å². The summed E-state index contributed by atoms with van der Waals surface area (Å²) in [7, 11) is 0. The van der Waals surface area contributed by atoms with Gasteiger partial charge in [0.05, 0.1) is 24.7 Å². The minimum atomic E-state index is -0.348. The molecule has 8 heteroatoms. The van der Waals surface area contributed by atoms with Crippen LogP contribution in [0.3, 0.4) is 0 Å². The van der Waals surface area contributed by atoms with Crippen molar-refractivity contribution in [3.8, 4) is 0 Å². The Morgan fingerprint density at radius 2 is 1.83 bits per heavy atom. The summed E-state index contributed by atoms with van der Waals surface area (Å²) >= 11 is 6.01. The minimum Gasteiger partial charge on any atom is -0.378 e. The highest BCUT2D eigenvalue weighted by Gasteiger charge is 2.30. The molecule has 2 aromatic carbocycles. The highest BCUT2D eigenvalue weighted by atomic mass is 35.5. The summed E-state index contributed by atoms with van der Waals surface area (Å²) in [5.41, 5.74) is 3.03. The number of benzene rings is 2. The zero-order chi connectivity index (χ0) is 20.2. The Balaban J connectivity index is 1.67. The Bertz CT molecular complexity index is 856. The van der Waals surface area contributed by atoms with Crippen molar-refractivity contribution >= 4 is 23.0 Å². The van der Waals surface area contributed by atoms with Crippen molar-refractivity contribution in [2.45, 2.75) is 19.2 Å². The Hall–Kier alpha value is -2.19. The van der Waals surface area contributed by atoms with Crippen LogP contribution in [0, 0.1) is 10.1 Å². The van der Waals surface area contributed by atoms with Crippen LogP contribution >= 0.6 is 11.6 Å². The van der Waals surface area contributed by atoms with Crippen LogP contribution in [0.5, 0.6) is 0 Å². The van der Waals surface area contributed by atoms with Gasteiger partial charge in [0.25, 0.3) is 5.69 Å². The average molecular weight is 418 g/mol. The monoisotopic (exact) mass is 417 g/mol. The minimum absolute atomic E-state index is 0.0811. The van der Waals surface area contributed by atoms with Crippen LogP contribution in [0.4, 0.5) is 11.4 Å². The van der Waals surface area contributed by atoms with Crippen LogP contribution in [0.15, 0.2) is 42.5 Å². The fourth-order valence-electron chi connectivity index (χ4n) is 3.90. The second-order valence-corrected chi connectivity index (χ2v) is 7.71. The predicted octanol–water partition coefficient (Wildman–Crippen LogP) is 4.01. The molecule has 2 aromatic rings. The van der Waals surface area contributed by atoms with Crippen LogP contribution in [0.1, 0.15) is 23.8 Å². The molecule has 0 spiro atoms. The third-order valence-corrected chi connectivity index (χ3v) is 5.59. The van der Waals surface area contributed by atoms with E-state index >= 15 is 0 Å². The van der Waals surface area contributed by atoms with Gasteiger partial charge in [-0.15, -0.1) is 0 Å². The zero-order valence-electron chi connectivity index (χ0n) is 16.1. The number of nitro groups is 1. The molecule has 0 radical (unpaired) electrons. The molecule has 0 saturated carbocycles. The molecule has 2 aliphatic rings. The van der Waals surface area contributed by atoms with E-state index in [1.807, 2.05) is 30.3 Å². The number of anilines is 1. The van der Waals surface area contributed by atoms with Crippen LogP contribution in [-0.4, -0.2) is 49.3 Å². The van der Waals surface area contributed by atoms with Gasteiger partial charge in [0.1, 0.15) is 6.23 Å². The summed E-state index contributed by atoms with van der Waals surface area (Å²) in [6, 6.07) is 12.8. The summed E-state index contributed by atoms with van der Waals surface area (Å²) in [6.07, 6.45) is 0.587. The highest BCUT2D eigenvalue weighted by molar-refractivity contribution is 6.30. The van der Waals surface area contributed by atoms with Gasteiger partial charge in [-0.05, 0) is 30.2 Å². The first-order valence-corrected chi connectivity index (χ1v) is 10.2. The van der Waals surface area contributed by atoms with E-state index in [1.165, 1.54) is 0 Å². The van der Waals surface area contributed by atoms with Crippen LogP contribution in [0.2, 0.25) is 5.02 Å². The molecule has 2 fully saturated rings. The number of hydrogen-bond donors (Lipinski definition) is 0. The van der Waals surface area contributed by atoms with Crippen molar-refractivity contribution in [2.75, 3.05) is 44.4 Å². The number of rotatable bonds is 5. The highest BCUT2D eigenvalue weighted by Crippen LogP contribution is 2.37. The average Bonchev–Trinajstić information content (AvgIpc) is 2.76. The topological polar surface area (TPSA) is 68.1 Å². The van der Waals surface area contributed by atoms with Gasteiger partial charge in [0.2, 0.25) is 0 Å². The maximum absolute atomic E-state index is 11.4. The van der Waals surface area contributed by atoms with E-state index in [0.717, 1.165) is 42.9 Å². The van der Waals surface area contributed by atoms with Crippen molar-refractivity contribution in [3.63, 3.8) is 0 Å². The number of hydrogen-bond acceptors (Lipinski definition) is 6. The number of nitro benzene ring substituents is 1. The number of morpholine rings is 1. The molecule has 2 aliphatic heterocycles. The summed E-state index contributed by atoms with van der Waals surface area (Å²) in [5.74, 6) is 0. The normalized spacial score (nSPS) is 20.6. The molecule has 0 bridgehead atoms. The Morgan fingerprint density at radius 3 is 2.55 bits per heavy atom. The molecule has 29 heavy (non-hydrogen) atoms. The number of halogens is 1. The molecule has 0 amide bonds. The molecule has 4 rings (SSSR count). The quantitative estimate of drug-likeness (QED) is 0.541. The fraction of sp³-hybridized carbons (Fsp3) is 0.429. The molecular formula is C21H24ClN3O4. The maximum Gasteiger partial charge on any atom is 0.270 e. The number of ether oxygens (including phenoxy) is 2. The standard InChI is InChI=1S/C21H24ClN3O4/c22-17-4-2-16(3-5-17)15-24-8-1-11-29-21(24)19-14-18(25(26)27)6-7-20(19)23-9-12-28-13-10-23/h2-7,14,21H,1,8-13,15H2. The molecule has 0 N–H and O–H groups in total. The largest absolute Gasteiger partial charge is 0.378 e. The van der Waals surface area contributed by atoms with E-state index in [-0.39, 0.29) is 16.8 Å². The van der Waals surface area contributed by atoms with E-state index in [9.17, 15) is 10.1 Å². The van der Waals surface area contributed by atoms with Crippen molar-refractivity contribution in [3.05, 3.63) is 68.7 Å². The molecule has 154 valence electrons. The molecule has 0 aromatic heterocycles. The molecular weight excluding hydrogens is 394 g/mol. The van der Waals surface area contributed by atoms with Gasteiger partial charge in [0.15, 0.2) is 0 Å². The van der Waals surface area contributed by atoms with E-state index in [1.54, 1.807) is 12.1 Å². The van der Waals surface area contributed by atoms with E-state index in [0.29, 0.717) is 31.4 Å². The predicted molar refractivity (Wildman–Crippen MR) is 111 cm³/mol. The van der Waals surface area contributed by atoms with E-state index in [2.05, 4.69) is 9.80 Å². The van der Waals surface area contributed by atoms with Crippen LogP contribution < -0.4 is 4.90 Å². The molecule has 2 saturated heterocycles. The van der Waals surface area contributed by atoms with Crippen molar-refractivity contribution in [1.82, 2.24) is 4.90 Å². The molecule has 0 aliphatic carbocycles. The van der Waals surface area contributed by atoms with Gasteiger partial charge >= 0.3 is 0 Å². The molecule has 2 heterocycles. The van der Waals surface area contributed by atoms with Crippen LogP contribution in [-0.2, 0) is 16.0 Å². The van der Waals surface area contributed by atoms with E-state index in [4.69, 9.17) is 21.1 Å². The summed E-state index contributed by atoms with van der Waals surface area (Å²) in [5, 5.41) is 12.1. The van der Waals surface area contributed by atoms with Gasteiger partial charge in [-0.2, -0.15) is 0 Å². The Labute approximate surface area is 174 Å². The summed E-state index contributed by atoms with van der Waals surface area (Å²) < 4.78 is 11.6. The number of non-ortho nitro benzene ring substituents is 1. The number of nitrogens with zero attached hydrogens (tertiary/aromatic N) is 3. The Kier molecular flexibility index (Phi) is 6.30. The second-order valence-electron chi connectivity index (χ2n) is 7.27. The SMILES string of the molecule is O=[N+]([O-])c1ccc(N2CCOCC2)c(C2OCCCN2Cc2ccc(Cl)cc2)c1. The van der Waals surface area contributed by atoms with Crippen molar-refractivity contribution in [2.24, 2.45) is 0 Å². The fourth-order valence-corrected chi connectivity index (χ4v) is 4.03. The summed E-state index contributed by atoms with van der Waals surface area (Å²) in [4.78, 5) is 15.5. The lowest BCUT2D eigenvalue weighted by Gasteiger charge is -2.39. The summed E-state index contributed by atoms with van der Waals surface area (Å²) in [6.45, 7) is 4.99. The van der Waals surface area contributed by atoms with Gasteiger partial charge in [0, 0.05) is 54.6 Å². The van der Waals surface area contributed by atoms with E-state index < -0.39 is 0 Å². The van der Waals surface area contributed by atoms with Gasteiger partial charge in [-0.1, -0.05) is 23.7 Å². The first kappa shape index (κ1) is 20.1. The smallest absolute Gasteiger partial charge is 0.270 e. The second kappa shape index (κ2) is 9.09. The third kappa shape index (κ3) is 4.70. The first-order chi connectivity index (χ1) is 14.1. The third-order valence-electron chi connectivity index (χ3n) is 5.34.